The van der Waals surface area contributed by atoms with Crippen LogP contribution in [0, 0.1) is 6.92 Å². The zero-order valence-electron chi connectivity index (χ0n) is 12.1. The van der Waals surface area contributed by atoms with E-state index in [1.54, 1.807) is 11.3 Å². The molecule has 0 amide bonds. The predicted octanol–water partition coefficient (Wildman–Crippen LogP) is 2.80. The van der Waals surface area contributed by atoms with E-state index in [0.717, 1.165) is 13.2 Å². The van der Waals surface area contributed by atoms with Crippen LogP contribution in [0.4, 0.5) is 0 Å². The maximum Gasteiger partial charge on any atom is 0.0597 e. The summed E-state index contributed by atoms with van der Waals surface area (Å²) >= 11 is 1.79. The van der Waals surface area contributed by atoms with Crippen LogP contribution in [0.25, 0.3) is 0 Å². The Balaban J connectivity index is 2.65. The van der Waals surface area contributed by atoms with Gasteiger partial charge in [0.15, 0.2) is 0 Å². The Hall–Kier alpha value is -0.420. The van der Waals surface area contributed by atoms with Crippen molar-refractivity contribution in [3.8, 4) is 0 Å². The van der Waals surface area contributed by atoms with Crippen LogP contribution in [-0.2, 0) is 4.74 Å². The van der Waals surface area contributed by atoms with E-state index in [-0.39, 0.29) is 18.2 Å². The molecule has 0 saturated heterocycles. The van der Waals surface area contributed by atoms with Gasteiger partial charge in [0.2, 0.25) is 0 Å². The van der Waals surface area contributed by atoms with E-state index in [2.05, 4.69) is 51.1 Å². The average molecular weight is 270 g/mol. The third kappa shape index (κ3) is 4.35. The van der Waals surface area contributed by atoms with Gasteiger partial charge in [-0.2, -0.15) is 0 Å². The summed E-state index contributed by atoms with van der Waals surface area (Å²) in [4.78, 5) is 3.67. The SMILES string of the molecule is Cc1ccsc1C(C(C)N)N(C)CCOC(C)C. The van der Waals surface area contributed by atoms with Gasteiger partial charge in [-0.05, 0) is 51.8 Å². The Morgan fingerprint density at radius 3 is 2.50 bits per heavy atom. The maximum atomic E-state index is 6.15. The normalized spacial score (nSPS) is 15.3. The number of rotatable bonds is 7. The van der Waals surface area contributed by atoms with Gasteiger partial charge in [-0.25, -0.2) is 0 Å². The maximum absolute atomic E-state index is 6.15. The third-order valence-corrected chi connectivity index (χ3v) is 4.13. The lowest BCUT2D eigenvalue weighted by Gasteiger charge is -2.31. The van der Waals surface area contributed by atoms with Crippen LogP contribution in [-0.4, -0.2) is 37.2 Å². The minimum atomic E-state index is 0.117. The van der Waals surface area contributed by atoms with Gasteiger partial charge in [-0.3, -0.25) is 4.90 Å². The van der Waals surface area contributed by atoms with Crippen molar-refractivity contribution < 1.29 is 4.74 Å². The average Bonchev–Trinajstić information content (AvgIpc) is 2.64. The van der Waals surface area contributed by atoms with Gasteiger partial charge < -0.3 is 10.5 Å². The lowest BCUT2D eigenvalue weighted by Crippen LogP contribution is -2.39. The van der Waals surface area contributed by atoms with Crippen molar-refractivity contribution in [2.75, 3.05) is 20.2 Å². The Kier molecular flexibility index (Phi) is 6.29. The molecule has 0 bridgehead atoms. The highest BCUT2D eigenvalue weighted by atomic mass is 32.1. The highest BCUT2D eigenvalue weighted by Crippen LogP contribution is 2.29. The first-order chi connectivity index (χ1) is 8.43. The van der Waals surface area contributed by atoms with E-state index in [4.69, 9.17) is 10.5 Å². The molecule has 4 heteroatoms. The van der Waals surface area contributed by atoms with Gasteiger partial charge >= 0.3 is 0 Å². The quantitative estimate of drug-likeness (QED) is 0.828. The zero-order chi connectivity index (χ0) is 13.7. The number of nitrogens with zero attached hydrogens (tertiary/aromatic N) is 1. The summed E-state index contributed by atoms with van der Waals surface area (Å²) in [6, 6.07) is 2.56. The molecule has 0 spiro atoms. The standard InChI is InChI=1S/C14H26N2OS/c1-10(2)17-8-7-16(5)13(12(4)15)14-11(3)6-9-18-14/h6,9-10,12-13H,7-8,15H2,1-5H3. The molecule has 0 aliphatic carbocycles. The van der Waals surface area contributed by atoms with Crippen molar-refractivity contribution in [3.05, 3.63) is 21.9 Å². The first-order valence-corrected chi connectivity index (χ1v) is 7.42. The second kappa shape index (κ2) is 7.24. The summed E-state index contributed by atoms with van der Waals surface area (Å²) in [5, 5.41) is 2.14. The Morgan fingerprint density at radius 2 is 2.06 bits per heavy atom. The van der Waals surface area contributed by atoms with Crippen molar-refractivity contribution in [2.24, 2.45) is 5.73 Å². The first-order valence-electron chi connectivity index (χ1n) is 6.55. The summed E-state index contributed by atoms with van der Waals surface area (Å²) in [6.45, 7) is 10.0. The number of hydrogen-bond donors (Lipinski definition) is 1. The van der Waals surface area contributed by atoms with Crippen molar-refractivity contribution in [3.63, 3.8) is 0 Å². The summed E-state index contributed by atoms with van der Waals surface area (Å²) in [5.74, 6) is 0. The molecular formula is C14H26N2OS. The van der Waals surface area contributed by atoms with Crippen LogP contribution >= 0.6 is 11.3 Å². The van der Waals surface area contributed by atoms with Crippen molar-refractivity contribution in [1.82, 2.24) is 4.90 Å². The molecule has 1 rings (SSSR count). The summed E-state index contributed by atoms with van der Waals surface area (Å²) in [5.41, 5.74) is 7.49. The number of nitrogens with two attached hydrogens (primary N) is 1. The molecule has 0 aromatic carbocycles. The molecule has 1 heterocycles. The van der Waals surface area contributed by atoms with E-state index < -0.39 is 0 Å². The molecule has 0 saturated carbocycles. The molecule has 0 radical (unpaired) electrons. The first kappa shape index (κ1) is 15.6. The van der Waals surface area contributed by atoms with E-state index in [9.17, 15) is 0 Å². The molecule has 2 atom stereocenters. The third-order valence-electron chi connectivity index (χ3n) is 3.04. The molecule has 1 aromatic rings. The Bertz CT molecular complexity index is 349. The Labute approximate surface area is 115 Å². The fourth-order valence-electron chi connectivity index (χ4n) is 2.10. The summed E-state index contributed by atoms with van der Waals surface area (Å²) in [7, 11) is 2.12. The van der Waals surface area contributed by atoms with E-state index in [1.807, 2.05) is 0 Å². The van der Waals surface area contributed by atoms with Gasteiger partial charge in [0.05, 0.1) is 18.8 Å². The molecule has 104 valence electrons. The van der Waals surface area contributed by atoms with Gasteiger partial charge in [0.1, 0.15) is 0 Å². The van der Waals surface area contributed by atoms with Gasteiger partial charge in [0.25, 0.3) is 0 Å². The molecule has 0 fully saturated rings. The van der Waals surface area contributed by atoms with Crippen LogP contribution in [0.5, 0.6) is 0 Å². The van der Waals surface area contributed by atoms with Gasteiger partial charge in [-0.15, -0.1) is 11.3 Å². The second-order valence-corrected chi connectivity index (χ2v) is 6.12. The van der Waals surface area contributed by atoms with Gasteiger partial charge in [0, 0.05) is 17.5 Å². The summed E-state index contributed by atoms with van der Waals surface area (Å²) in [6.07, 6.45) is 0.288. The molecule has 3 nitrogen and oxygen atoms in total. The smallest absolute Gasteiger partial charge is 0.0597 e. The number of likely N-dealkylation sites (N-methyl/N-ethyl adjacent to an activating group) is 1. The van der Waals surface area contributed by atoms with Crippen molar-refractivity contribution in [2.45, 2.75) is 45.9 Å². The zero-order valence-corrected chi connectivity index (χ0v) is 13.0. The molecule has 2 unspecified atom stereocenters. The largest absolute Gasteiger partial charge is 0.377 e. The molecular weight excluding hydrogens is 244 g/mol. The van der Waals surface area contributed by atoms with Gasteiger partial charge in [-0.1, -0.05) is 0 Å². The van der Waals surface area contributed by atoms with E-state index in [1.165, 1.54) is 10.4 Å². The summed E-state index contributed by atoms with van der Waals surface area (Å²) < 4.78 is 5.61. The highest BCUT2D eigenvalue weighted by Gasteiger charge is 2.23. The van der Waals surface area contributed by atoms with Crippen LogP contribution in [0.1, 0.15) is 37.3 Å². The fourth-order valence-corrected chi connectivity index (χ4v) is 3.31. The van der Waals surface area contributed by atoms with Crippen LogP contribution < -0.4 is 5.73 Å². The monoisotopic (exact) mass is 270 g/mol. The highest BCUT2D eigenvalue weighted by molar-refractivity contribution is 7.10. The van der Waals surface area contributed by atoms with Crippen LogP contribution in [0.15, 0.2) is 11.4 Å². The molecule has 1 aromatic heterocycles. The molecule has 18 heavy (non-hydrogen) atoms. The minimum absolute atomic E-state index is 0.117. The van der Waals surface area contributed by atoms with E-state index in [0.29, 0.717) is 0 Å². The number of hydrogen-bond acceptors (Lipinski definition) is 4. The molecule has 0 aliphatic rings. The number of ether oxygens (including phenoxy) is 1. The minimum Gasteiger partial charge on any atom is -0.377 e. The number of thiophene rings is 1. The van der Waals surface area contributed by atoms with Crippen molar-refractivity contribution >= 4 is 11.3 Å². The fraction of sp³-hybridized carbons (Fsp3) is 0.714. The molecule has 2 N–H and O–H groups in total. The van der Waals surface area contributed by atoms with Crippen molar-refractivity contribution in [1.29, 1.82) is 0 Å². The lowest BCUT2D eigenvalue weighted by molar-refractivity contribution is 0.0538. The Morgan fingerprint density at radius 1 is 1.39 bits per heavy atom. The topological polar surface area (TPSA) is 38.5 Å². The number of aryl methyl sites for hydroxylation is 1. The lowest BCUT2D eigenvalue weighted by atomic mass is 10.0. The molecule has 0 aliphatic heterocycles. The predicted molar refractivity (Wildman–Crippen MR) is 79.2 cm³/mol. The van der Waals surface area contributed by atoms with Crippen LogP contribution in [0.2, 0.25) is 0 Å². The van der Waals surface area contributed by atoms with E-state index >= 15 is 0 Å². The van der Waals surface area contributed by atoms with Crippen LogP contribution in [0.3, 0.4) is 0 Å². The second-order valence-electron chi connectivity index (χ2n) is 5.17.